The van der Waals surface area contributed by atoms with Crippen molar-refractivity contribution < 1.29 is 14.3 Å². The molecule has 0 amide bonds. The van der Waals surface area contributed by atoms with Crippen molar-refractivity contribution in [2.24, 2.45) is 71.0 Å². The molecule has 7 fully saturated rings. The summed E-state index contributed by atoms with van der Waals surface area (Å²) in [6.07, 6.45) is 6.54. The smallest absolute Gasteiger partial charge is 0.302 e. The molecule has 7 rings (SSSR count). The molecule has 0 spiro atoms. The molecule has 3 nitrogen and oxygen atoms in total. The zero-order valence-corrected chi connectivity index (χ0v) is 14.3. The van der Waals surface area contributed by atoms with Crippen LogP contribution in [0.3, 0.4) is 0 Å². The van der Waals surface area contributed by atoms with E-state index in [-0.39, 0.29) is 12.1 Å². The fourth-order valence-corrected chi connectivity index (χ4v) is 10.4. The number of hydrogen-bond donors (Lipinski definition) is 0. The van der Waals surface area contributed by atoms with Crippen LogP contribution in [0.25, 0.3) is 0 Å². The topological polar surface area (TPSA) is 43.4 Å². The summed E-state index contributed by atoms with van der Waals surface area (Å²) in [5, 5.41) is 0. The normalized spacial score (nSPS) is 66.4. The van der Waals surface area contributed by atoms with Crippen molar-refractivity contribution >= 4 is 11.8 Å². The molecule has 0 heterocycles. The van der Waals surface area contributed by atoms with Gasteiger partial charge in [-0.25, -0.2) is 0 Å². The minimum atomic E-state index is -0.0720. The Hall–Kier alpha value is -0.860. The van der Waals surface area contributed by atoms with E-state index in [0.29, 0.717) is 53.1 Å². The zero-order chi connectivity index (χ0) is 15.9. The zero-order valence-electron chi connectivity index (χ0n) is 14.3. The Morgan fingerprint density at radius 3 is 2.33 bits per heavy atom. The fourth-order valence-electron chi connectivity index (χ4n) is 10.4. The Morgan fingerprint density at radius 1 is 0.833 bits per heavy atom. The van der Waals surface area contributed by atoms with Crippen LogP contribution >= 0.6 is 0 Å². The highest BCUT2D eigenvalue weighted by atomic mass is 16.5. The van der Waals surface area contributed by atoms with E-state index < -0.39 is 0 Å². The van der Waals surface area contributed by atoms with Crippen LogP contribution in [0.15, 0.2) is 0 Å². The largest absolute Gasteiger partial charge is 0.462 e. The fraction of sp³-hybridized carbons (Fsp3) is 0.905. The number of fused-ring (bicyclic) bond motifs is 5. The number of rotatable bonds is 1. The lowest BCUT2D eigenvalue weighted by molar-refractivity contribution is -0.153. The minimum absolute atomic E-state index is 0.0720. The van der Waals surface area contributed by atoms with Crippen molar-refractivity contribution in [3.05, 3.63) is 0 Å². The molecule has 0 aromatic heterocycles. The molecule has 128 valence electrons. The predicted molar refractivity (Wildman–Crippen MR) is 85.5 cm³/mol. The van der Waals surface area contributed by atoms with Crippen LogP contribution in [0, 0.1) is 71.0 Å². The Kier molecular flexibility index (Phi) is 2.19. The molecular formula is C21H26O3. The first-order valence-corrected chi connectivity index (χ1v) is 10.4. The maximum absolute atomic E-state index is 13.3. The summed E-state index contributed by atoms with van der Waals surface area (Å²) in [6, 6.07) is 0. The Bertz CT molecular complexity index is 660. The Morgan fingerprint density at radius 2 is 1.54 bits per heavy atom. The highest BCUT2D eigenvalue weighted by Crippen LogP contribution is 2.81. The second kappa shape index (κ2) is 3.94. The number of hydrogen-bond acceptors (Lipinski definition) is 3. The third-order valence-corrected chi connectivity index (χ3v) is 10.1. The molecule has 24 heavy (non-hydrogen) atoms. The monoisotopic (exact) mass is 326 g/mol. The second-order valence-corrected chi connectivity index (χ2v) is 10.1. The lowest BCUT2D eigenvalue weighted by atomic mass is 9.77. The van der Waals surface area contributed by atoms with Crippen LogP contribution in [-0.2, 0) is 14.3 Å². The van der Waals surface area contributed by atoms with Gasteiger partial charge in [-0.05, 0) is 73.0 Å². The van der Waals surface area contributed by atoms with Crippen LogP contribution in [0.4, 0.5) is 0 Å². The average molecular weight is 326 g/mol. The first-order valence-electron chi connectivity index (χ1n) is 10.4. The van der Waals surface area contributed by atoms with Crippen LogP contribution < -0.4 is 0 Å². The molecule has 0 unspecified atom stereocenters. The number of Topliss-reactive ketones (excluding diaryl/α,β-unsaturated/α-hetero) is 1. The summed E-state index contributed by atoms with van der Waals surface area (Å²) in [7, 11) is 0. The highest BCUT2D eigenvalue weighted by molar-refractivity contribution is 5.88. The van der Waals surface area contributed by atoms with Gasteiger partial charge in [0.1, 0.15) is 11.9 Å². The van der Waals surface area contributed by atoms with Gasteiger partial charge < -0.3 is 4.74 Å². The van der Waals surface area contributed by atoms with E-state index in [4.69, 9.17) is 4.74 Å². The lowest BCUT2D eigenvalue weighted by Crippen LogP contribution is -2.35. The van der Waals surface area contributed by atoms with E-state index in [0.717, 1.165) is 30.1 Å². The second-order valence-electron chi connectivity index (χ2n) is 10.1. The average Bonchev–Trinajstić information content (AvgIpc) is 3.27. The van der Waals surface area contributed by atoms with Gasteiger partial charge in [-0.3, -0.25) is 9.59 Å². The minimum Gasteiger partial charge on any atom is -0.462 e. The van der Waals surface area contributed by atoms with Crippen LogP contribution in [0.5, 0.6) is 0 Å². The van der Waals surface area contributed by atoms with E-state index >= 15 is 0 Å². The molecule has 7 saturated carbocycles. The van der Waals surface area contributed by atoms with Gasteiger partial charge in [0.25, 0.3) is 0 Å². The standard InChI is InChI=1S/C21H26O3/c1-7(22)24-21-14-9-4-2-3-8(9)13-17(14)18-15(21)10-5-6-11-12(10)16(18)19(13)20(11)23/h8-19,21H,2-6H2,1H3/t8-,9+,10+,11+,12+,13+,14-,15-,16-,17-,18+,19+,21+/m0/s1. The van der Waals surface area contributed by atoms with Crippen LogP contribution in [0.1, 0.15) is 39.0 Å². The number of ketones is 1. The molecule has 0 radical (unpaired) electrons. The molecule has 13 atom stereocenters. The first kappa shape index (κ1) is 13.4. The summed E-state index contributed by atoms with van der Waals surface area (Å²) in [6.45, 7) is 1.60. The van der Waals surface area contributed by atoms with Crippen molar-refractivity contribution in [3.8, 4) is 0 Å². The molecule has 0 aliphatic heterocycles. The molecule has 7 aliphatic carbocycles. The molecule has 7 aliphatic rings. The Labute approximate surface area is 142 Å². The molecular weight excluding hydrogens is 300 g/mol. The van der Waals surface area contributed by atoms with Crippen molar-refractivity contribution in [2.45, 2.75) is 45.1 Å². The first-order chi connectivity index (χ1) is 11.7. The van der Waals surface area contributed by atoms with Crippen LogP contribution in [0.2, 0.25) is 0 Å². The van der Waals surface area contributed by atoms with E-state index in [1.807, 2.05) is 0 Å². The highest BCUT2D eigenvalue weighted by Gasteiger charge is 2.81. The number of esters is 1. The number of carbonyl (C=O) groups is 2. The molecule has 0 N–H and O–H groups in total. The SMILES string of the molecule is CC(=O)O[C@H]1[C@H]2[C@@H]3CC[C@H]4C(=O)[C@H]5[C@H]([C@@H]2[C@@H]2[C@@H]1[C@@H]1CCC[C@@H]1[C@@H]52)[C@H]34. The van der Waals surface area contributed by atoms with Gasteiger partial charge in [-0.2, -0.15) is 0 Å². The third kappa shape index (κ3) is 1.16. The van der Waals surface area contributed by atoms with Gasteiger partial charge in [-0.1, -0.05) is 6.42 Å². The molecule has 0 aromatic rings. The van der Waals surface area contributed by atoms with Gasteiger partial charge in [0, 0.05) is 30.6 Å². The summed E-state index contributed by atoms with van der Waals surface area (Å²) >= 11 is 0. The van der Waals surface area contributed by atoms with Gasteiger partial charge in [0.05, 0.1) is 0 Å². The summed E-state index contributed by atoms with van der Waals surface area (Å²) in [5.74, 6) is 8.28. The van der Waals surface area contributed by atoms with Crippen molar-refractivity contribution in [1.29, 1.82) is 0 Å². The number of carbonyl (C=O) groups excluding carboxylic acids is 2. The lowest BCUT2D eigenvalue weighted by Gasteiger charge is -2.31. The molecule has 0 aromatic carbocycles. The van der Waals surface area contributed by atoms with Crippen LogP contribution in [-0.4, -0.2) is 17.9 Å². The third-order valence-electron chi connectivity index (χ3n) is 10.1. The van der Waals surface area contributed by atoms with E-state index in [2.05, 4.69) is 0 Å². The van der Waals surface area contributed by atoms with E-state index in [9.17, 15) is 9.59 Å². The van der Waals surface area contributed by atoms with Gasteiger partial charge in [0.15, 0.2) is 0 Å². The summed E-state index contributed by atoms with van der Waals surface area (Å²) in [5.41, 5.74) is 0. The molecule has 3 heteroatoms. The van der Waals surface area contributed by atoms with E-state index in [1.54, 1.807) is 6.92 Å². The molecule has 0 saturated heterocycles. The van der Waals surface area contributed by atoms with Crippen molar-refractivity contribution in [2.75, 3.05) is 0 Å². The number of ether oxygens (including phenoxy) is 1. The van der Waals surface area contributed by atoms with E-state index in [1.165, 1.54) is 25.7 Å². The van der Waals surface area contributed by atoms with Gasteiger partial charge in [0.2, 0.25) is 0 Å². The maximum Gasteiger partial charge on any atom is 0.302 e. The van der Waals surface area contributed by atoms with Gasteiger partial charge >= 0.3 is 5.97 Å². The summed E-state index contributed by atoms with van der Waals surface area (Å²) < 4.78 is 6.08. The Balaban J connectivity index is 1.43. The summed E-state index contributed by atoms with van der Waals surface area (Å²) in [4.78, 5) is 25.2. The van der Waals surface area contributed by atoms with Crippen molar-refractivity contribution in [1.82, 2.24) is 0 Å². The van der Waals surface area contributed by atoms with Crippen molar-refractivity contribution in [3.63, 3.8) is 0 Å². The van der Waals surface area contributed by atoms with Gasteiger partial charge in [-0.15, -0.1) is 0 Å². The predicted octanol–water partition coefficient (Wildman–Crippen LogP) is 2.93. The molecule has 0 bridgehead atoms. The quantitative estimate of drug-likeness (QED) is 0.696. The maximum atomic E-state index is 13.3.